The number of nitrogens with two attached hydrogens (primary N) is 1. The molecule has 1 aromatic heterocycles. The van der Waals surface area contributed by atoms with Crippen molar-refractivity contribution in [2.45, 2.75) is 6.04 Å². The third-order valence-electron chi connectivity index (χ3n) is 3.00. The number of morpholine rings is 1. The molecule has 2 rings (SSSR count). The van der Waals surface area contributed by atoms with Crippen molar-refractivity contribution in [2.24, 2.45) is 0 Å². The molecule has 108 valence electrons. The Morgan fingerprint density at radius 3 is 3.05 bits per heavy atom. The number of nitrogens with zero attached hydrogens (tertiary/aromatic N) is 3. The molecule has 1 aromatic rings. The number of hydrogen-bond acceptors (Lipinski definition) is 7. The van der Waals surface area contributed by atoms with Crippen LogP contribution in [0.1, 0.15) is 0 Å². The number of nitrogen functional groups attached to an aromatic ring is 1. The van der Waals surface area contributed by atoms with Crippen LogP contribution in [-0.4, -0.2) is 48.7 Å². The van der Waals surface area contributed by atoms with Crippen LogP contribution in [-0.2, 0) is 9.53 Å². The molecule has 1 atom stereocenters. The third-order valence-corrected chi connectivity index (χ3v) is 3.00. The fourth-order valence-electron chi connectivity index (χ4n) is 2.04. The molecule has 3 N–H and O–H groups in total. The molecule has 1 aliphatic heterocycles. The number of nitro groups is 1. The Labute approximate surface area is 114 Å². The quantitative estimate of drug-likeness (QED) is 0.566. The van der Waals surface area contributed by atoms with Gasteiger partial charge in [-0.25, -0.2) is 4.98 Å². The number of amides is 1. The first-order valence-electron chi connectivity index (χ1n) is 6.01. The molecule has 0 bridgehead atoms. The topological polar surface area (TPSA) is 124 Å². The van der Waals surface area contributed by atoms with E-state index in [4.69, 9.17) is 10.5 Å². The smallest absolute Gasteiger partial charge is 0.276 e. The van der Waals surface area contributed by atoms with E-state index in [1.165, 1.54) is 19.2 Å². The van der Waals surface area contributed by atoms with Gasteiger partial charge in [0.05, 0.1) is 30.3 Å². The number of carbonyl (C=O) groups excluding carboxylic acids is 1. The zero-order valence-corrected chi connectivity index (χ0v) is 10.9. The molecule has 0 spiro atoms. The number of hydrogen-bond donors (Lipinski definition) is 2. The molecule has 1 amide bonds. The molecule has 1 saturated heterocycles. The number of anilines is 2. The molecule has 1 unspecified atom stereocenters. The molecule has 9 nitrogen and oxygen atoms in total. The Hall–Kier alpha value is -2.42. The van der Waals surface area contributed by atoms with Gasteiger partial charge in [-0.2, -0.15) is 0 Å². The molecular formula is C11H15N5O4. The van der Waals surface area contributed by atoms with E-state index in [2.05, 4.69) is 10.3 Å². The van der Waals surface area contributed by atoms with Crippen LogP contribution < -0.4 is 16.0 Å². The van der Waals surface area contributed by atoms with Gasteiger partial charge in [-0.1, -0.05) is 0 Å². The Morgan fingerprint density at radius 2 is 2.40 bits per heavy atom. The van der Waals surface area contributed by atoms with E-state index in [0.29, 0.717) is 19.0 Å². The number of carbonyl (C=O) groups is 1. The number of rotatable bonds is 3. The first kappa shape index (κ1) is 14.0. The molecule has 20 heavy (non-hydrogen) atoms. The summed E-state index contributed by atoms with van der Waals surface area (Å²) in [6.07, 6.45) is 0. The zero-order valence-electron chi connectivity index (χ0n) is 10.9. The van der Waals surface area contributed by atoms with Crippen LogP contribution >= 0.6 is 0 Å². The lowest BCUT2D eigenvalue weighted by atomic mass is 10.2. The summed E-state index contributed by atoms with van der Waals surface area (Å²) in [7, 11) is 1.52. The zero-order chi connectivity index (χ0) is 14.7. The minimum atomic E-state index is -0.581. The summed E-state index contributed by atoms with van der Waals surface area (Å²) in [5.41, 5.74) is 5.43. The Bertz CT molecular complexity index is 536. The Balaban J connectivity index is 2.37. The van der Waals surface area contributed by atoms with Crippen molar-refractivity contribution < 1.29 is 14.5 Å². The number of likely N-dealkylation sites (N-methyl/N-ethyl adjacent to an activating group) is 1. The van der Waals surface area contributed by atoms with Crippen molar-refractivity contribution in [2.75, 3.05) is 37.4 Å². The van der Waals surface area contributed by atoms with E-state index >= 15 is 0 Å². The lowest BCUT2D eigenvalue weighted by Gasteiger charge is -2.35. The predicted molar refractivity (Wildman–Crippen MR) is 71.3 cm³/mol. The molecule has 0 aliphatic carbocycles. The van der Waals surface area contributed by atoms with Gasteiger partial charge in [-0.3, -0.25) is 14.9 Å². The van der Waals surface area contributed by atoms with E-state index in [-0.39, 0.29) is 24.0 Å². The monoisotopic (exact) mass is 281 g/mol. The molecule has 1 aliphatic rings. The summed E-state index contributed by atoms with van der Waals surface area (Å²) < 4.78 is 5.27. The van der Waals surface area contributed by atoms with Crippen molar-refractivity contribution in [1.82, 2.24) is 10.3 Å². The number of ether oxygens (including phenoxy) is 1. The largest absolute Gasteiger partial charge is 0.383 e. The first-order chi connectivity index (χ1) is 9.52. The number of pyridine rings is 1. The highest BCUT2D eigenvalue weighted by molar-refractivity contribution is 5.85. The van der Waals surface area contributed by atoms with Crippen LogP contribution in [0, 0.1) is 10.1 Å². The second-order valence-corrected chi connectivity index (χ2v) is 4.26. The maximum atomic E-state index is 11.8. The van der Waals surface area contributed by atoms with E-state index < -0.39 is 11.0 Å². The lowest BCUT2D eigenvalue weighted by Crippen LogP contribution is -2.53. The minimum Gasteiger partial charge on any atom is -0.383 e. The van der Waals surface area contributed by atoms with Gasteiger partial charge in [0, 0.05) is 13.6 Å². The summed E-state index contributed by atoms with van der Waals surface area (Å²) in [5, 5.41) is 13.4. The van der Waals surface area contributed by atoms with Crippen molar-refractivity contribution in [3.05, 3.63) is 22.2 Å². The molecule has 2 heterocycles. The van der Waals surface area contributed by atoms with Crippen LogP contribution in [0.3, 0.4) is 0 Å². The minimum absolute atomic E-state index is 0.0383. The summed E-state index contributed by atoms with van der Waals surface area (Å²) in [6.45, 7) is 1.02. The highest BCUT2D eigenvalue weighted by atomic mass is 16.6. The predicted octanol–water partition coefficient (Wildman–Crippen LogP) is -0.477. The number of aromatic nitrogens is 1. The van der Waals surface area contributed by atoms with Gasteiger partial charge in [0.15, 0.2) is 0 Å². The maximum absolute atomic E-state index is 11.8. The van der Waals surface area contributed by atoms with Crippen molar-refractivity contribution in [1.29, 1.82) is 0 Å². The van der Waals surface area contributed by atoms with Gasteiger partial charge in [-0.15, -0.1) is 0 Å². The maximum Gasteiger partial charge on any atom is 0.276 e. The van der Waals surface area contributed by atoms with Crippen LogP contribution in [0.25, 0.3) is 0 Å². The second kappa shape index (κ2) is 5.70. The average molecular weight is 281 g/mol. The van der Waals surface area contributed by atoms with Gasteiger partial charge in [-0.05, 0) is 0 Å². The fraction of sp³-hybridized carbons (Fsp3) is 0.455. The molecule has 0 radical (unpaired) electrons. The fourth-order valence-corrected chi connectivity index (χ4v) is 2.04. The highest BCUT2D eigenvalue weighted by Gasteiger charge is 2.30. The molecule has 0 saturated carbocycles. The van der Waals surface area contributed by atoms with Crippen LogP contribution in [0.2, 0.25) is 0 Å². The van der Waals surface area contributed by atoms with Crippen molar-refractivity contribution >= 4 is 23.2 Å². The lowest BCUT2D eigenvalue weighted by molar-refractivity contribution is -0.384. The molecular weight excluding hydrogens is 266 g/mol. The summed E-state index contributed by atoms with van der Waals surface area (Å²) >= 11 is 0. The first-order valence-corrected chi connectivity index (χ1v) is 6.01. The third kappa shape index (κ3) is 2.77. The van der Waals surface area contributed by atoms with E-state index in [9.17, 15) is 14.9 Å². The Morgan fingerprint density at radius 1 is 1.65 bits per heavy atom. The summed E-state index contributed by atoms with van der Waals surface area (Å²) in [5.74, 6) is 0.0986. The van der Waals surface area contributed by atoms with E-state index in [1.54, 1.807) is 4.90 Å². The van der Waals surface area contributed by atoms with Crippen LogP contribution in [0.15, 0.2) is 12.1 Å². The Kier molecular flexibility index (Phi) is 3.99. The van der Waals surface area contributed by atoms with Gasteiger partial charge < -0.3 is 20.7 Å². The molecule has 9 heteroatoms. The van der Waals surface area contributed by atoms with Gasteiger partial charge in [0.2, 0.25) is 5.91 Å². The summed E-state index contributed by atoms with van der Waals surface area (Å²) in [6, 6.07) is 1.90. The van der Waals surface area contributed by atoms with E-state index in [0.717, 1.165) is 0 Å². The van der Waals surface area contributed by atoms with Gasteiger partial charge in [0.1, 0.15) is 17.7 Å². The molecule has 1 fully saturated rings. The SMILES string of the molecule is CNC(=O)C1COCCN1c1cc([N+](=O)[O-])cc(N)n1. The highest BCUT2D eigenvalue weighted by Crippen LogP contribution is 2.24. The van der Waals surface area contributed by atoms with Crippen molar-refractivity contribution in [3.8, 4) is 0 Å². The normalized spacial score (nSPS) is 18.6. The van der Waals surface area contributed by atoms with Gasteiger partial charge >= 0.3 is 0 Å². The summed E-state index contributed by atoms with van der Waals surface area (Å²) in [4.78, 5) is 27.9. The average Bonchev–Trinajstić information content (AvgIpc) is 2.45. The van der Waals surface area contributed by atoms with Crippen LogP contribution in [0.5, 0.6) is 0 Å². The second-order valence-electron chi connectivity index (χ2n) is 4.26. The van der Waals surface area contributed by atoms with Gasteiger partial charge in [0.25, 0.3) is 5.69 Å². The standard InChI is InChI=1S/C11H15N5O4/c1-13-11(17)8-6-20-3-2-15(8)10-5-7(16(18)19)4-9(12)14-10/h4-5,8H,2-3,6H2,1H3,(H2,12,14)(H,13,17). The number of nitrogens with one attached hydrogen (secondary N) is 1. The molecule has 0 aromatic carbocycles. The van der Waals surface area contributed by atoms with Crippen LogP contribution in [0.4, 0.5) is 17.3 Å². The van der Waals surface area contributed by atoms with E-state index in [1.807, 2.05) is 0 Å². The van der Waals surface area contributed by atoms with Crippen molar-refractivity contribution in [3.63, 3.8) is 0 Å².